The Bertz CT molecular complexity index is 1360. The molecule has 0 bridgehead atoms. The lowest BCUT2D eigenvalue weighted by atomic mass is 9.86. The zero-order valence-corrected chi connectivity index (χ0v) is 25.1. The van der Waals surface area contributed by atoms with Crippen LogP contribution in [0.3, 0.4) is 0 Å². The number of piperidine rings is 1. The maximum Gasteiger partial charge on any atom is 0.324 e. The van der Waals surface area contributed by atoms with Crippen LogP contribution < -0.4 is 15.0 Å². The van der Waals surface area contributed by atoms with E-state index in [9.17, 15) is 19.2 Å². The van der Waals surface area contributed by atoms with Crippen LogP contribution in [0.1, 0.15) is 82.5 Å². The minimum absolute atomic E-state index is 0.0699. The summed E-state index contributed by atoms with van der Waals surface area (Å²) in [4.78, 5) is 33.3. The molecule has 0 spiro atoms. The van der Waals surface area contributed by atoms with Crippen molar-refractivity contribution >= 4 is 23.4 Å². The lowest BCUT2D eigenvalue weighted by molar-refractivity contribution is -0.131. The van der Waals surface area contributed by atoms with Crippen molar-refractivity contribution in [1.82, 2.24) is 20.4 Å². The van der Waals surface area contributed by atoms with E-state index in [-0.39, 0.29) is 54.2 Å². The molecule has 10 nitrogen and oxygen atoms in total. The third kappa shape index (κ3) is 7.53. The minimum Gasteiger partial charge on any atom is -0.490 e. The average Bonchev–Trinajstić information content (AvgIpc) is 3.71. The van der Waals surface area contributed by atoms with Crippen LogP contribution in [0, 0.1) is 29.0 Å². The maximum absolute atomic E-state index is 15.0. The highest BCUT2D eigenvalue weighted by Gasteiger charge is 2.29. The number of likely N-dealkylation sites (tertiary alicyclic amines) is 1. The Labute approximate surface area is 252 Å². The van der Waals surface area contributed by atoms with Crippen LogP contribution in [0.5, 0.6) is 5.75 Å². The van der Waals surface area contributed by atoms with Gasteiger partial charge in [-0.15, -0.1) is 0 Å². The van der Waals surface area contributed by atoms with Crippen LogP contribution in [0.15, 0.2) is 28.8 Å². The topological polar surface area (TPSA) is 125 Å². The average molecular weight is 593 g/mol. The van der Waals surface area contributed by atoms with Crippen LogP contribution >= 0.6 is 0 Å². The highest BCUT2D eigenvalue weighted by molar-refractivity contribution is 5.82. The molecule has 1 N–H and O–H groups in total. The van der Waals surface area contributed by atoms with Crippen molar-refractivity contribution in [1.29, 1.82) is 5.26 Å². The highest BCUT2D eigenvalue weighted by Crippen LogP contribution is 2.33. The summed E-state index contributed by atoms with van der Waals surface area (Å²) in [5.41, 5.74) is 1.83. The molecular formula is C32H41FN6O4. The van der Waals surface area contributed by atoms with E-state index in [4.69, 9.17) is 9.26 Å². The van der Waals surface area contributed by atoms with Gasteiger partial charge < -0.3 is 24.4 Å². The second-order valence-corrected chi connectivity index (χ2v) is 12.1. The molecule has 0 saturated carbocycles. The first-order valence-electron chi connectivity index (χ1n) is 15.5. The number of benzene rings is 1. The predicted octanol–water partition coefficient (Wildman–Crippen LogP) is 4.83. The van der Waals surface area contributed by atoms with E-state index in [1.165, 1.54) is 6.07 Å². The van der Waals surface area contributed by atoms with E-state index in [2.05, 4.69) is 26.4 Å². The van der Waals surface area contributed by atoms with Crippen molar-refractivity contribution in [3.63, 3.8) is 0 Å². The van der Waals surface area contributed by atoms with Crippen molar-refractivity contribution in [2.45, 2.75) is 77.2 Å². The number of ether oxygens (including phenoxy) is 1. The van der Waals surface area contributed by atoms with Gasteiger partial charge in [0.2, 0.25) is 11.8 Å². The summed E-state index contributed by atoms with van der Waals surface area (Å²) in [6, 6.07) is 7.48. The zero-order valence-electron chi connectivity index (χ0n) is 25.1. The number of halogens is 1. The second kappa shape index (κ2) is 14.0. The zero-order chi connectivity index (χ0) is 30.3. The van der Waals surface area contributed by atoms with Gasteiger partial charge in [0.15, 0.2) is 17.4 Å². The van der Waals surface area contributed by atoms with Crippen LogP contribution in [-0.2, 0) is 9.59 Å². The number of nitrogens with zero attached hydrogens (tertiary/aromatic N) is 5. The number of amides is 2. The summed E-state index contributed by atoms with van der Waals surface area (Å²) in [7, 11) is 0. The van der Waals surface area contributed by atoms with Gasteiger partial charge in [0.1, 0.15) is 6.04 Å². The predicted molar refractivity (Wildman–Crippen MR) is 159 cm³/mol. The molecule has 2 saturated heterocycles. The number of rotatable bonds is 10. The largest absolute Gasteiger partial charge is 0.490 e. The monoisotopic (exact) mass is 592 g/mol. The first-order chi connectivity index (χ1) is 20.8. The van der Waals surface area contributed by atoms with Gasteiger partial charge in [-0.2, -0.15) is 10.2 Å². The third-order valence-electron chi connectivity index (χ3n) is 8.75. The van der Waals surface area contributed by atoms with E-state index >= 15 is 0 Å². The van der Waals surface area contributed by atoms with Crippen molar-refractivity contribution in [2.75, 3.05) is 37.7 Å². The van der Waals surface area contributed by atoms with Gasteiger partial charge in [0.05, 0.1) is 12.7 Å². The van der Waals surface area contributed by atoms with Gasteiger partial charge in [-0.1, -0.05) is 31.1 Å². The Morgan fingerprint density at radius 1 is 1.21 bits per heavy atom. The quantitative estimate of drug-likeness (QED) is 0.416. The van der Waals surface area contributed by atoms with E-state index < -0.39 is 0 Å². The number of carbonyl (C=O) groups is 2. The Morgan fingerprint density at radius 3 is 2.70 bits per heavy atom. The summed E-state index contributed by atoms with van der Waals surface area (Å²) in [6.07, 6.45) is 7.47. The van der Waals surface area contributed by atoms with Gasteiger partial charge >= 0.3 is 6.01 Å². The number of nitriles is 1. The standard InChI is InChI=1S/C32H41FN6O4/c1-21(2)30-36-32(43-37-30)38-16-12-22(13-17-38)20-42-28-10-9-25(18-27(28)33)23-5-7-24(8-6-23)31(41)35-14-11-29(40)39-15-3-4-26(39)19-34/h5,9-10,18,21-22,24,26H,3-4,6-8,11-17,20H2,1-2H3,(H,35,41)/t24?,26-/m0/s1. The molecule has 1 aromatic carbocycles. The first-order valence-corrected chi connectivity index (χ1v) is 15.5. The minimum atomic E-state index is -0.385. The molecule has 11 heteroatoms. The fraction of sp³-hybridized carbons (Fsp3) is 0.594. The van der Waals surface area contributed by atoms with Gasteiger partial charge in [0, 0.05) is 44.4 Å². The summed E-state index contributed by atoms with van der Waals surface area (Å²) in [5.74, 6) is 0.788. The lowest BCUT2D eigenvalue weighted by Crippen LogP contribution is -2.38. The van der Waals surface area contributed by atoms with Crippen LogP contribution in [0.25, 0.3) is 5.57 Å². The van der Waals surface area contributed by atoms with Crippen molar-refractivity contribution in [3.05, 3.63) is 41.5 Å². The maximum atomic E-state index is 15.0. The fourth-order valence-corrected chi connectivity index (χ4v) is 6.02. The van der Waals surface area contributed by atoms with Gasteiger partial charge in [-0.05, 0) is 74.1 Å². The van der Waals surface area contributed by atoms with Crippen LogP contribution in [-0.4, -0.2) is 65.7 Å². The highest BCUT2D eigenvalue weighted by atomic mass is 19.1. The summed E-state index contributed by atoms with van der Waals surface area (Å²) >= 11 is 0. The van der Waals surface area contributed by atoms with Crippen molar-refractivity contribution in [2.24, 2.45) is 11.8 Å². The van der Waals surface area contributed by atoms with Crippen LogP contribution in [0.4, 0.5) is 10.4 Å². The smallest absolute Gasteiger partial charge is 0.324 e. The number of hydrogen-bond acceptors (Lipinski definition) is 8. The molecule has 1 unspecified atom stereocenters. The molecule has 2 aromatic rings. The Morgan fingerprint density at radius 2 is 2.02 bits per heavy atom. The normalized spacial score (nSPS) is 21.0. The van der Waals surface area contributed by atoms with Crippen LogP contribution in [0.2, 0.25) is 0 Å². The van der Waals surface area contributed by atoms with E-state index in [0.717, 1.165) is 43.5 Å². The number of aromatic nitrogens is 2. The molecule has 3 aliphatic rings. The molecule has 1 aliphatic carbocycles. The molecule has 2 aliphatic heterocycles. The Balaban J connectivity index is 1.04. The Kier molecular flexibility index (Phi) is 9.95. The number of carbonyl (C=O) groups excluding carboxylic acids is 2. The summed E-state index contributed by atoms with van der Waals surface area (Å²) in [6.45, 7) is 6.98. The van der Waals surface area contributed by atoms with E-state index in [1.807, 2.05) is 26.0 Å². The summed E-state index contributed by atoms with van der Waals surface area (Å²) < 4.78 is 26.3. The molecule has 230 valence electrons. The van der Waals surface area contributed by atoms with Gasteiger partial charge in [0.25, 0.3) is 0 Å². The molecule has 0 radical (unpaired) electrons. The van der Waals surface area contributed by atoms with Crippen molar-refractivity contribution < 1.29 is 23.2 Å². The SMILES string of the molecule is CC(C)c1noc(N2CCC(COc3ccc(C4=CCC(C(=O)NCCC(=O)N5CCC[C@H]5C#N)CC4)cc3F)CC2)n1. The molecular weight excluding hydrogens is 551 g/mol. The number of nitrogens with one attached hydrogen (secondary N) is 1. The van der Waals surface area contributed by atoms with Crippen molar-refractivity contribution in [3.8, 4) is 11.8 Å². The van der Waals surface area contributed by atoms with Gasteiger partial charge in [-0.3, -0.25) is 9.59 Å². The van der Waals surface area contributed by atoms with Gasteiger partial charge in [-0.25, -0.2) is 4.39 Å². The molecule has 2 amide bonds. The number of allylic oxidation sites excluding steroid dienone is 2. The fourth-order valence-electron chi connectivity index (χ4n) is 6.02. The summed E-state index contributed by atoms with van der Waals surface area (Å²) in [5, 5.41) is 16.1. The third-order valence-corrected chi connectivity index (χ3v) is 8.75. The molecule has 3 heterocycles. The Hall–Kier alpha value is -3.94. The lowest BCUT2D eigenvalue weighted by Gasteiger charge is -2.30. The van der Waals surface area contributed by atoms with E-state index in [0.29, 0.717) is 56.6 Å². The second-order valence-electron chi connectivity index (χ2n) is 12.1. The number of hydrogen-bond donors (Lipinski definition) is 1. The molecule has 2 fully saturated rings. The molecule has 5 rings (SSSR count). The van der Waals surface area contributed by atoms with E-state index in [1.54, 1.807) is 11.0 Å². The molecule has 2 atom stereocenters. The first kappa shape index (κ1) is 30.5. The number of anilines is 1. The molecule has 43 heavy (non-hydrogen) atoms. The molecule has 1 aromatic heterocycles.